The number of nitrogens with zero attached hydrogens (tertiary/aromatic N) is 1. The van der Waals surface area contributed by atoms with Crippen LogP contribution in [0.4, 0.5) is 10.1 Å². The molecule has 3 aromatic rings. The van der Waals surface area contributed by atoms with Gasteiger partial charge in [-0.2, -0.15) is 0 Å². The predicted octanol–water partition coefficient (Wildman–Crippen LogP) is 4.12. The smallest absolute Gasteiger partial charge is 0.123 e. The summed E-state index contributed by atoms with van der Waals surface area (Å²) in [5.41, 5.74) is 9.22. The van der Waals surface area contributed by atoms with E-state index in [-0.39, 0.29) is 5.82 Å². The summed E-state index contributed by atoms with van der Waals surface area (Å²) >= 11 is 1.58. The third-order valence-electron chi connectivity index (χ3n) is 3.01. The molecule has 3 rings (SSSR count). The first-order valence-electron chi connectivity index (χ1n) is 6.25. The van der Waals surface area contributed by atoms with Crippen molar-refractivity contribution in [3.05, 3.63) is 70.3 Å². The first-order chi connectivity index (χ1) is 9.70. The molecule has 0 bridgehead atoms. The topological polar surface area (TPSA) is 38.9 Å². The fraction of sp³-hybridized carbons (Fsp3) is 0.0625. The molecule has 0 saturated heterocycles. The van der Waals surface area contributed by atoms with E-state index < -0.39 is 0 Å². The third-order valence-corrected chi connectivity index (χ3v) is 3.86. The zero-order chi connectivity index (χ0) is 13.9. The minimum Gasteiger partial charge on any atom is -0.399 e. The zero-order valence-corrected chi connectivity index (χ0v) is 11.5. The molecule has 20 heavy (non-hydrogen) atoms. The monoisotopic (exact) mass is 284 g/mol. The number of benzene rings is 2. The fourth-order valence-corrected chi connectivity index (χ4v) is 2.82. The lowest BCUT2D eigenvalue weighted by atomic mass is 10.1. The first-order valence-corrected chi connectivity index (χ1v) is 7.13. The second-order valence-corrected chi connectivity index (χ2v) is 5.50. The molecule has 0 amide bonds. The molecular formula is C16H13FN2S. The van der Waals surface area contributed by atoms with Gasteiger partial charge in [-0.05, 0) is 29.8 Å². The normalized spacial score (nSPS) is 10.7. The molecule has 0 unspecified atom stereocenters. The maximum Gasteiger partial charge on any atom is 0.123 e. The van der Waals surface area contributed by atoms with Crippen LogP contribution >= 0.6 is 11.3 Å². The number of rotatable bonds is 3. The Hall–Kier alpha value is -2.20. The summed E-state index contributed by atoms with van der Waals surface area (Å²) in [7, 11) is 0. The fourth-order valence-electron chi connectivity index (χ4n) is 1.98. The molecule has 0 radical (unpaired) electrons. The van der Waals surface area contributed by atoms with Gasteiger partial charge < -0.3 is 5.73 Å². The summed E-state index contributed by atoms with van der Waals surface area (Å²) in [6.45, 7) is 0. The van der Waals surface area contributed by atoms with Crippen molar-refractivity contribution in [2.24, 2.45) is 0 Å². The molecule has 2 aromatic carbocycles. The molecule has 1 aromatic heterocycles. The highest BCUT2D eigenvalue weighted by Crippen LogP contribution is 2.24. The van der Waals surface area contributed by atoms with Gasteiger partial charge in [-0.25, -0.2) is 9.37 Å². The van der Waals surface area contributed by atoms with Crippen LogP contribution < -0.4 is 5.73 Å². The number of thiazole rings is 1. The number of hydrogen-bond donors (Lipinski definition) is 1. The van der Waals surface area contributed by atoms with Crippen molar-refractivity contribution in [3.63, 3.8) is 0 Å². The molecular weight excluding hydrogens is 271 g/mol. The number of hydrogen-bond acceptors (Lipinski definition) is 3. The van der Waals surface area contributed by atoms with Crippen LogP contribution in [0.1, 0.15) is 10.6 Å². The van der Waals surface area contributed by atoms with Crippen LogP contribution in [-0.4, -0.2) is 4.98 Å². The van der Waals surface area contributed by atoms with Crippen LogP contribution in [0, 0.1) is 5.82 Å². The Labute approximate surface area is 120 Å². The van der Waals surface area contributed by atoms with Crippen molar-refractivity contribution < 1.29 is 4.39 Å². The van der Waals surface area contributed by atoms with Crippen molar-refractivity contribution >= 4 is 17.0 Å². The Bertz CT molecular complexity index is 719. The van der Waals surface area contributed by atoms with Crippen molar-refractivity contribution in [2.75, 3.05) is 5.73 Å². The molecule has 2 nitrogen and oxygen atoms in total. The maximum absolute atomic E-state index is 13.2. The standard InChI is InChI=1S/C16H13FN2S/c17-13-3-1-2-12(9-13)15-10-20-16(19-15)8-11-4-6-14(18)7-5-11/h1-7,9-10H,8,18H2. The first kappa shape index (κ1) is 12.8. The van der Waals surface area contributed by atoms with Gasteiger partial charge in [0.2, 0.25) is 0 Å². The molecule has 0 spiro atoms. The van der Waals surface area contributed by atoms with Crippen molar-refractivity contribution in [2.45, 2.75) is 6.42 Å². The van der Waals surface area contributed by atoms with E-state index in [0.717, 1.165) is 28.4 Å². The maximum atomic E-state index is 13.2. The van der Waals surface area contributed by atoms with Crippen LogP contribution in [-0.2, 0) is 6.42 Å². The largest absolute Gasteiger partial charge is 0.399 e. The second-order valence-electron chi connectivity index (χ2n) is 4.56. The van der Waals surface area contributed by atoms with Crippen molar-refractivity contribution in [1.82, 2.24) is 4.98 Å². The molecule has 100 valence electrons. The van der Waals surface area contributed by atoms with Crippen molar-refractivity contribution in [1.29, 1.82) is 0 Å². The number of aromatic nitrogens is 1. The Morgan fingerprint density at radius 1 is 1.10 bits per heavy atom. The van der Waals surface area contributed by atoms with Gasteiger partial charge in [0.05, 0.1) is 10.7 Å². The van der Waals surface area contributed by atoms with Gasteiger partial charge in [0, 0.05) is 23.1 Å². The molecule has 0 fully saturated rings. The minimum absolute atomic E-state index is 0.240. The number of nitrogens with two attached hydrogens (primary N) is 1. The van der Waals surface area contributed by atoms with Gasteiger partial charge in [0.15, 0.2) is 0 Å². The van der Waals surface area contributed by atoms with Gasteiger partial charge in [0.25, 0.3) is 0 Å². The Morgan fingerprint density at radius 3 is 2.65 bits per heavy atom. The van der Waals surface area contributed by atoms with Crippen LogP contribution in [0.2, 0.25) is 0 Å². The van der Waals surface area contributed by atoms with Crippen LogP contribution in [0.3, 0.4) is 0 Å². The molecule has 1 heterocycles. The number of halogens is 1. The van der Waals surface area contributed by atoms with E-state index in [9.17, 15) is 4.39 Å². The number of anilines is 1. The summed E-state index contributed by atoms with van der Waals surface area (Å²) in [6, 6.07) is 14.3. The Morgan fingerprint density at radius 2 is 1.90 bits per heavy atom. The summed E-state index contributed by atoms with van der Waals surface area (Å²) in [6.07, 6.45) is 0.764. The highest BCUT2D eigenvalue weighted by atomic mass is 32.1. The van der Waals surface area contributed by atoms with E-state index in [0.29, 0.717) is 0 Å². The summed E-state index contributed by atoms with van der Waals surface area (Å²) in [5, 5.41) is 2.97. The Kier molecular flexibility index (Phi) is 3.48. The average Bonchev–Trinajstić information content (AvgIpc) is 2.90. The molecule has 0 aliphatic rings. The molecule has 0 saturated carbocycles. The summed E-state index contributed by atoms with van der Waals surface area (Å²) in [4.78, 5) is 4.56. The van der Waals surface area contributed by atoms with E-state index in [1.165, 1.54) is 17.7 Å². The molecule has 0 aliphatic carbocycles. The number of nitrogen functional groups attached to an aromatic ring is 1. The highest BCUT2D eigenvalue weighted by Gasteiger charge is 2.06. The van der Waals surface area contributed by atoms with Crippen LogP contribution in [0.25, 0.3) is 11.3 Å². The zero-order valence-electron chi connectivity index (χ0n) is 10.7. The van der Waals surface area contributed by atoms with Crippen LogP contribution in [0.5, 0.6) is 0 Å². The van der Waals surface area contributed by atoms with Gasteiger partial charge in [-0.1, -0.05) is 24.3 Å². The molecule has 0 atom stereocenters. The van der Waals surface area contributed by atoms with Gasteiger partial charge in [-0.15, -0.1) is 11.3 Å². The van der Waals surface area contributed by atoms with Crippen molar-refractivity contribution in [3.8, 4) is 11.3 Å². The summed E-state index contributed by atoms with van der Waals surface area (Å²) in [5.74, 6) is -0.240. The van der Waals surface area contributed by atoms with E-state index in [2.05, 4.69) is 4.98 Å². The molecule has 0 aliphatic heterocycles. The lowest BCUT2D eigenvalue weighted by molar-refractivity contribution is 0.628. The van der Waals surface area contributed by atoms with Gasteiger partial charge in [-0.3, -0.25) is 0 Å². The van der Waals surface area contributed by atoms with Crippen LogP contribution in [0.15, 0.2) is 53.9 Å². The van der Waals surface area contributed by atoms with E-state index >= 15 is 0 Å². The second kappa shape index (κ2) is 5.43. The highest BCUT2D eigenvalue weighted by molar-refractivity contribution is 7.10. The third kappa shape index (κ3) is 2.86. The van der Waals surface area contributed by atoms with E-state index in [1.54, 1.807) is 17.4 Å². The average molecular weight is 284 g/mol. The van der Waals surface area contributed by atoms with E-state index in [1.807, 2.05) is 35.7 Å². The quantitative estimate of drug-likeness (QED) is 0.735. The lowest BCUT2D eigenvalue weighted by Crippen LogP contribution is -1.89. The summed E-state index contributed by atoms with van der Waals surface area (Å²) < 4.78 is 13.2. The van der Waals surface area contributed by atoms with E-state index in [4.69, 9.17) is 5.73 Å². The molecule has 4 heteroatoms. The van der Waals surface area contributed by atoms with Gasteiger partial charge in [0.1, 0.15) is 5.82 Å². The minimum atomic E-state index is -0.240. The predicted molar refractivity (Wildman–Crippen MR) is 81.2 cm³/mol. The van der Waals surface area contributed by atoms with Gasteiger partial charge >= 0.3 is 0 Å². The lowest BCUT2D eigenvalue weighted by Gasteiger charge is -1.99. The molecule has 2 N–H and O–H groups in total. The SMILES string of the molecule is Nc1ccc(Cc2nc(-c3cccc(F)c3)cs2)cc1. The Balaban J connectivity index is 1.82.